The number of rotatable bonds is 4. The summed E-state index contributed by atoms with van der Waals surface area (Å²) in [7, 11) is 0. The minimum absolute atomic E-state index is 0.208. The smallest absolute Gasteiger partial charge is 0.124 e. The molecule has 0 bridgehead atoms. The number of benzene rings is 1. The summed E-state index contributed by atoms with van der Waals surface area (Å²) in [5, 5.41) is 0. The number of aromatic nitrogens is 1. The number of hydrogen-bond donors (Lipinski definition) is 1. The normalized spacial score (nSPS) is 12.2. The van der Waals surface area contributed by atoms with Crippen molar-refractivity contribution in [3.05, 3.63) is 59.4 Å². The van der Waals surface area contributed by atoms with Crippen molar-refractivity contribution in [1.82, 2.24) is 4.98 Å². The SMILES string of the molecule is CCOc1ccc(C)cc1C(N)c1cccnc1. The second-order valence-corrected chi connectivity index (χ2v) is 4.24. The lowest BCUT2D eigenvalue weighted by Crippen LogP contribution is -2.14. The van der Waals surface area contributed by atoms with Gasteiger partial charge in [-0.05, 0) is 31.5 Å². The van der Waals surface area contributed by atoms with E-state index in [0.717, 1.165) is 16.9 Å². The summed E-state index contributed by atoms with van der Waals surface area (Å²) in [5.74, 6) is 0.847. The molecule has 18 heavy (non-hydrogen) atoms. The Morgan fingerprint density at radius 1 is 1.33 bits per heavy atom. The van der Waals surface area contributed by atoms with Gasteiger partial charge in [0.15, 0.2) is 0 Å². The van der Waals surface area contributed by atoms with E-state index >= 15 is 0 Å². The van der Waals surface area contributed by atoms with Crippen LogP contribution in [0.2, 0.25) is 0 Å². The first-order valence-corrected chi connectivity index (χ1v) is 6.11. The maximum absolute atomic E-state index is 6.30. The Bertz CT molecular complexity index is 511. The van der Waals surface area contributed by atoms with Crippen LogP contribution in [0.25, 0.3) is 0 Å². The summed E-state index contributed by atoms with van der Waals surface area (Å²) in [6.07, 6.45) is 3.54. The highest BCUT2D eigenvalue weighted by molar-refractivity contribution is 5.43. The predicted molar refractivity (Wildman–Crippen MR) is 72.6 cm³/mol. The summed E-state index contributed by atoms with van der Waals surface area (Å²) in [6, 6.07) is 9.75. The molecular formula is C15H18N2O. The highest BCUT2D eigenvalue weighted by Crippen LogP contribution is 2.29. The lowest BCUT2D eigenvalue weighted by molar-refractivity contribution is 0.335. The lowest BCUT2D eigenvalue weighted by atomic mass is 9.98. The van der Waals surface area contributed by atoms with Crippen molar-refractivity contribution in [1.29, 1.82) is 0 Å². The van der Waals surface area contributed by atoms with E-state index < -0.39 is 0 Å². The van der Waals surface area contributed by atoms with Crippen LogP contribution in [0.15, 0.2) is 42.7 Å². The van der Waals surface area contributed by atoms with Gasteiger partial charge in [-0.3, -0.25) is 4.98 Å². The quantitative estimate of drug-likeness (QED) is 0.896. The summed E-state index contributed by atoms with van der Waals surface area (Å²) < 4.78 is 5.63. The zero-order valence-corrected chi connectivity index (χ0v) is 10.8. The monoisotopic (exact) mass is 242 g/mol. The third-order valence-electron chi connectivity index (χ3n) is 2.84. The molecule has 0 aliphatic rings. The number of nitrogens with zero attached hydrogens (tertiary/aromatic N) is 1. The van der Waals surface area contributed by atoms with E-state index in [-0.39, 0.29) is 6.04 Å². The van der Waals surface area contributed by atoms with Gasteiger partial charge in [-0.1, -0.05) is 23.8 Å². The van der Waals surface area contributed by atoms with E-state index in [4.69, 9.17) is 10.5 Å². The maximum Gasteiger partial charge on any atom is 0.124 e. The van der Waals surface area contributed by atoms with Crippen molar-refractivity contribution in [2.45, 2.75) is 19.9 Å². The number of hydrogen-bond acceptors (Lipinski definition) is 3. The zero-order chi connectivity index (χ0) is 13.0. The van der Waals surface area contributed by atoms with Crippen molar-refractivity contribution in [3.63, 3.8) is 0 Å². The van der Waals surface area contributed by atoms with Crippen LogP contribution in [-0.2, 0) is 0 Å². The molecule has 0 aliphatic carbocycles. The fourth-order valence-corrected chi connectivity index (χ4v) is 1.94. The molecule has 1 aromatic heterocycles. The molecule has 0 saturated heterocycles. The van der Waals surface area contributed by atoms with Crippen LogP contribution in [0.3, 0.4) is 0 Å². The van der Waals surface area contributed by atoms with Crippen molar-refractivity contribution in [2.75, 3.05) is 6.61 Å². The zero-order valence-electron chi connectivity index (χ0n) is 10.8. The van der Waals surface area contributed by atoms with Crippen LogP contribution >= 0.6 is 0 Å². The summed E-state index contributed by atoms with van der Waals surface area (Å²) in [5.41, 5.74) is 9.46. The molecule has 3 nitrogen and oxygen atoms in total. The molecular weight excluding hydrogens is 224 g/mol. The van der Waals surface area contributed by atoms with E-state index in [0.29, 0.717) is 6.61 Å². The molecule has 0 amide bonds. The second kappa shape index (κ2) is 5.65. The van der Waals surface area contributed by atoms with E-state index in [1.807, 2.05) is 31.2 Å². The Morgan fingerprint density at radius 3 is 2.83 bits per heavy atom. The van der Waals surface area contributed by atoms with Crippen molar-refractivity contribution in [2.24, 2.45) is 5.73 Å². The van der Waals surface area contributed by atoms with Gasteiger partial charge in [0.2, 0.25) is 0 Å². The summed E-state index contributed by atoms with van der Waals surface area (Å²) >= 11 is 0. The largest absolute Gasteiger partial charge is 0.494 e. The fraction of sp³-hybridized carbons (Fsp3) is 0.267. The molecule has 2 aromatic rings. The first-order chi connectivity index (χ1) is 8.72. The fourth-order valence-electron chi connectivity index (χ4n) is 1.94. The highest BCUT2D eigenvalue weighted by Gasteiger charge is 2.14. The van der Waals surface area contributed by atoms with Crippen LogP contribution in [0, 0.1) is 6.92 Å². The molecule has 2 N–H and O–H groups in total. The number of aryl methyl sites for hydroxylation is 1. The Morgan fingerprint density at radius 2 is 2.17 bits per heavy atom. The van der Waals surface area contributed by atoms with Crippen LogP contribution < -0.4 is 10.5 Å². The summed E-state index contributed by atoms with van der Waals surface area (Å²) in [4.78, 5) is 4.11. The Balaban J connectivity index is 2.40. The van der Waals surface area contributed by atoms with Crippen LogP contribution in [0.5, 0.6) is 5.75 Å². The Hall–Kier alpha value is -1.87. The van der Waals surface area contributed by atoms with Gasteiger partial charge in [-0.2, -0.15) is 0 Å². The van der Waals surface area contributed by atoms with Gasteiger partial charge in [-0.15, -0.1) is 0 Å². The first-order valence-electron chi connectivity index (χ1n) is 6.11. The highest BCUT2D eigenvalue weighted by atomic mass is 16.5. The molecule has 0 saturated carbocycles. The van der Waals surface area contributed by atoms with Gasteiger partial charge in [0.1, 0.15) is 5.75 Å². The Kier molecular flexibility index (Phi) is 3.95. The number of pyridine rings is 1. The summed E-state index contributed by atoms with van der Waals surface area (Å²) in [6.45, 7) is 4.66. The third kappa shape index (κ3) is 2.68. The van der Waals surface area contributed by atoms with E-state index in [2.05, 4.69) is 18.0 Å². The molecule has 1 aromatic carbocycles. The predicted octanol–water partition coefficient (Wildman–Crippen LogP) is 2.84. The second-order valence-electron chi connectivity index (χ2n) is 4.24. The van der Waals surface area contributed by atoms with Crippen LogP contribution in [0.4, 0.5) is 0 Å². The number of ether oxygens (including phenoxy) is 1. The molecule has 0 aliphatic heterocycles. The van der Waals surface area contributed by atoms with Gasteiger partial charge in [-0.25, -0.2) is 0 Å². The third-order valence-corrected chi connectivity index (χ3v) is 2.84. The van der Waals surface area contributed by atoms with Crippen molar-refractivity contribution >= 4 is 0 Å². The Labute approximate surface area is 108 Å². The average Bonchev–Trinajstić information content (AvgIpc) is 2.41. The molecule has 1 atom stereocenters. The maximum atomic E-state index is 6.30. The molecule has 2 rings (SSSR count). The standard InChI is InChI=1S/C15H18N2O/c1-3-18-14-7-6-11(2)9-13(14)15(16)12-5-4-8-17-10-12/h4-10,15H,3,16H2,1-2H3. The van der Waals surface area contributed by atoms with Gasteiger partial charge in [0.05, 0.1) is 12.6 Å². The molecule has 0 spiro atoms. The van der Waals surface area contributed by atoms with Gasteiger partial charge in [0, 0.05) is 18.0 Å². The van der Waals surface area contributed by atoms with Gasteiger partial charge < -0.3 is 10.5 Å². The first kappa shape index (κ1) is 12.6. The average molecular weight is 242 g/mol. The van der Waals surface area contributed by atoms with Crippen LogP contribution in [0.1, 0.15) is 29.7 Å². The van der Waals surface area contributed by atoms with Crippen LogP contribution in [-0.4, -0.2) is 11.6 Å². The minimum atomic E-state index is -0.208. The van der Waals surface area contributed by atoms with Gasteiger partial charge >= 0.3 is 0 Å². The molecule has 94 valence electrons. The molecule has 0 fully saturated rings. The minimum Gasteiger partial charge on any atom is -0.494 e. The van der Waals surface area contributed by atoms with E-state index in [1.165, 1.54) is 5.56 Å². The van der Waals surface area contributed by atoms with E-state index in [1.54, 1.807) is 12.4 Å². The molecule has 0 radical (unpaired) electrons. The topological polar surface area (TPSA) is 48.1 Å². The molecule has 3 heteroatoms. The van der Waals surface area contributed by atoms with Crippen molar-refractivity contribution < 1.29 is 4.74 Å². The number of nitrogens with two attached hydrogens (primary N) is 1. The lowest BCUT2D eigenvalue weighted by Gasteiger charge is -2.17. The van der Waals surface area contributed by atoms with Crippen molar-refractivity contribution in [3.8, 4) is 5.75 Å². The molecule has 1 heterocycles. The van der Waals surface area contributed by atoms with Gasteiger partial charge in [0.25, 0.3) is 0 Å². The van der Waals surface area contributed by atoms with E-state index in [9.17, 15) is 0 Å². The molecule has 1 unspecified atom stereocenters.